The Morgan fingerprint density at radius 3 is 2.61 bits per heavy atom. The normalized spacial score (nSPS) is 10.6. The zero-order valence-corrected chi connectivity index (χ0v) is 19.7. The van der Waals surface area contributed by atoms with Crippen molar-refractivity contribution >= 4 is 66.4 Å². The number of ether oxygens (including phenoxy) is 1. The molecule has 0 fully saturated rings. The predicted octanol–water partition coefficient (Wildman–Crippen LogP) is 5.79. The fourth-order valence-corrected chi connectivity index (χ4v) is 4.77. The number of hydrogen-bond donors (Lipinski definition) is 2. The molecule has 2 N–H and O–H groups in total. The van der Waals surface area contributed by atoms with Gasteiger partial charge in [-0.1, -0.05) is 24.3 Å². The molecule has 4 aromatic rings. The number of halogens is 1. The molecule has 5 nitrogen and oxygen atoms in total. The average molecular weight is 512 g/mol. The van der Waals surface area contributed by atoms with Crippen LogP contribution in [-0.4, -0.2) is 23.1 Å². The molecular weight excluding hydrogens is 494 g/mol. The number of para-hydroxylation sites is 1. The summed E-state index contributed by atoms with van der Waals surface area (Å²) >= 11 is 10.4. The van der Waals surface area contributed by atoms with Gasteiger partial charge in [-0.3, -0.25) is 10.1 Å². The first-order valence-corrected chi connectivity index (χ1v) is 11.4. The van der Waals surface area contributed by atoms with E-state index in [0.717, 1.165) is 28.2 Å². The van der Waals surface area contributed by atoms with Crippen LogP contribution in [0, 0.1) is 0 Å². The fourth-order valence-electron chi connectivity index (χ4n) is 3.02. The summed E-state index contributed by atoms with van der Waals surface area (Å²) in [6.45, 7) is 0. The standard InChI is InChI=1S/C23H18BrN3O2S2/c1-29-19-11-8-15(13-17(19)24)22(28)27-23(30)25-16-9-6-14(7-10-16)12-21-26-18-4-2-3-5-20(18)31-21/h2-11,13H,12H2,1H3,(H2,25,27,28,30). The van der Waals surface area contributed by atoms with Gasteiger partial charge in [-0.05, 0) is 76.2 Å². The highest BCUT2D eigenvalue weighted by Crippen LogP contribution is 2.26. The maximum Gasteiger partial charge on any atom is 0.257 e. The van der Waals surface area contributed by atoms with Gasteiger partial charge in [-0.15, -0.1) is 11.3 Å². The van der Waals surface area contributed by atoms with Crippen molar-refractivity contribution in [3.05, 3.63) is 87.3 Å². The van der Waals surface area contributed by atoms with E-state index < -0.39 is 0 Å². The van der Waals surface area contributed by atoms with E-state index in [-0.39, 0.29) is 11.0 Å². The lowest BCUT2D eigenvalue weighted by molar-refractivity contribution is 0.0977. The quantitative estimate of drug-likeness (QED) is 0.332. The second-order valence-electron chi connectivity index (χ2n) is 6.71. The number of carbonyl (C=O) groups is 1. The van der Waals surface area contributed by atoms with E-state index >= 15 is 0 Å². The minimum absolute atomic E-state index is 0.232. The van der Waals surface area contributed by atoms with Gasteiger partial charge in [0.05, 0.1) is 26.8 Å². The van der Waals surface area contributed by atoms with E-state index in [1.54, 1.807) is 36.6 Å². The van der Waals surface area contributed by atoms with Crippen LogP contribution in [-0.2, 0) is 6.42 Å². The van der Waals surface area contributed by atoms with Crippen LogP contribution in [0.1, 0.15) is 20.9 Å². The molecule has 0 unspecified atom stereocenters. The minimum Gasteiger partial charge on any atom is -0.496 e. The second-order valence-corrected chi connectivity index (χ2v) is 9.08. The van der Waals surface area contributed by atoms with E-state index in [9.17, 15) is 4.79 Å². The number of nitrogens with one attached hydrogen (secondary N) is 2. The van der Waals surface area contributed by atoms with Gasteiger partial charge in [0.15, 0.2) is 5.11 Å². The highest BCUT2D eigenvalue weighted by Gasteiger charge is 2.11. The summed E-state index contributed by atoms with van der Waals surface area (Å²) < 4.78 is 7.08. The van der Waals surface area contributed by atoms with Crippen molar-refractivity contribution < 1.29 is 9.53 Å². The molecule has 3 aromatic carbocycles. The largest absolute Gasteiger partial charge is 0.496 e. The van der Waals surface area contributed by atoms with Crippen LogP contribution in [0.3, 0.4) is 0 Å². The van der Waals surface area contributed by atoms with E-state index in [1.165, 1.54) is 4.70 Å². The van der Waals surface area contributed by atoms with Crippen molar-refractivity contribution in [3.8, 4) is 5.75 Å². The summed E-state index contributed by atoms with van der Waals surface area (Å²) in [5, 5.41) is 7.04. The number of hydrogen-bond acceptors (Lipinski definition) is 5. The van der Waals surface area contributed by atoms with Gasteiger partial charge in [0.25, 0.3) is 5.91 Å². The zero-order valence-electron chi connectivity index (χ0n) is 16.5. The van der Waals surface area contributed by atoms with Crippen LogP contribution in [0.15, 0.2) is 71.2 Å². The third kappa shape index (κ3) is 5.28. The lowest BCUT2D eigenvalue weighted by Gasteiger charge is -2.11. The number of anilines is 1. The van der Waals surface area contributed by atoms with Crippen molar-refractivity contribution in [1.29, 1.82) is 0 Å². The first kappa shape index (κ1) is 21.4. The van der Waals surface area contributed by atoms with Crippen LogP contribution in [0.2, 0.25) is 0 Å². The van der Waals surface area contributed by atoms with E-state index in [0.29, 0.717) is 15.8 Å². The summed E-state index contributed by atoms with van der Waals surface area (Å²) in [6.07, 6.45) is 0.771. The molecule has 1 amide bonds. The Hall–Kier alpha value is -2.81. The van der Waals surface area contributed by atoms with Crippen molar-refractivity contribution in [2.45, 2.75) is 6.42 Å². The average Bonchev–Trinajstić information content (AvgIpc) is 3.17. The van der Waals surface area contributed by atoms with Crippen molar-refractivity contribution in [2.24, 2.45) is 0 Å². The lowest BCUT2D eigenvalue weighted by atomic mass is 10.1. The molecule has 0 aliphatic heterocycles. The Morgan fingerprint density at radius 1 is 1.13 bits per heavy atom. The molecule has 1 heterocycles. The number of benzene rings is 3. The molecule has 0 saturated heterocycles. The minimum atomic E-state index is -0.298. The number of amides is 1. The third-order valence-electron chi connectivity index (χ3n) is 4.55. The summed E-state index contributed by atoms with van der Waals surface area (Å²) in [6, 6.07) is 21.2. The number of thiocarbonyl (C=S) groups is 1. The number of carbonyl (C=O) groups excluding carboxylic acids is 1. The smallest absolute Gasteiger partial charge is 0.257 e. The molecule has 0 aliphatic rings. The molecule has 156 valence electrons. The maximum atomic E-state index is 12.4. The third-order valence-corrected chi connectivity index (χ3v) is 6.41. The summed E-state index contributed by atoms with van der Waals surface area (Å²) in [5.74, 6) is 0.358. The van der Waals surface area contributed by atoms with Crippen LogP contribution in [0.4, 0.5) is 5.69 Å². The molecule has 4 rings (SSSR count). The highest BCUT2D eigenvalue weighted by molar-refractivity contribution is 9.10. The van der Waals surface area contributed by atoms with Gasteiger partial charge < -0.3 is 10.1 Å². The predicted molar refractivity (Wildman–Crippen MR) is 133 cm³/mol. The van der Waals surface area contributed by atoms with Crippen LogP contribution in [0.25, 0.3) is 10.2 Å². The molecular formula is C23H18BrN3O2S2. The molecule has 0 atom stereocenters. The van der Waals surface area contributed by atoms with Gasteiger partial charge >= 0.3 is 0 Å². The first-order chi connectivity index (χ1) is 15.0. The number of rotatable bonds is 5. The van der Waals surface area contributed by atoms with E-state index in [2.05, 4.69) is 37.6 Å². The SMILES string of the molecule is COc1ccc(C(=O)NC(=S)Nc2ccc(Cc3nc4ccccc4s3)cc2)cc1Br. The highest BCUT2D eigenvalue weighted by atomic mass is 79.9. The zero-order chi connectivity index (χ0) is 21.8. The summed E-state index contributed by atoms with van der Waals surface area (Å²) in [5.41, 5.74) is 3.46. The molecule has 0 spiro atoms. The molecule has 0 aliphatic carbocycles. The number of aromatic nitrogens is 1. The number of methoxy groups -OCH3 is 1. The van der Waals surface area contributed by atoms with Gasteiger partial charge in [0.2, 0.25) is 0 Å². The van der Waals surface area contributed by atoms with Crippen LogP contribution >= 0.6 is 39.5 Å². The van der Waals surface area contributed by atoms with Crippen LogP contribution in [0.5, 0.6) is 5.75 Å². The monoisotopic (exact) mass is 511 g/mol. The number of fused-ring (bicyclic) bond motifs is 1. The van der Waals surface area contributed by atoms with Crippen molar-refractivity contribution in [3.63, 3.8) is 0 Å². The second kappa shape index (κ2) is 9.55. The molecule has 31 heavy (non-hydrogen) atoms. The Labute approximate surface area is 197 Å². The van der Waals surface area contributed by atoms with Gasteiger partial charge in [0.1, 0.15) is 5.75 Å². The molecule has 1 aromatic heterocycles. The molecule has 0 radical (unpaired) electrons. The van der Waals surface area contributed by atoms with Gasteiger partial charge in [-0.2, -0.15) is 0 Å². The van der Waals surface area contributed by atoms with E-state index in [1.807, 2.05) is 42.5 Å². The molecule has 0 bridgehead atoms. The first-order valence-electron chi connectivity index (χ1n) is 9.41. The molecule has 0 saturated carbocycles. The number of nitrogens with zero attached hydrogens (tertiary/aromatic N) is 1. The van der Waals surface area contributed by atoms with Crippen molar-refractivity contribution in [1.82, 2.24) is 10.3 Å². The Morgan fingerprint density at radius 2 is 1.90 bits per heavy atom. The van der Waals surface area contributed by atoms with Crippen LogP contribution < -0.4 is 15.4 Å². The van der Waals surface area contributed by atoms with E-state index in [4.69, 9.17) is 17.0 Å². The Balaban J connectivity index is 1.35. The molecule has 8 heteroatoms. The maximum absolute atomic E-state index is 12.4. The topological polar surface area (TPSA) is 63.2 Å². The lowest BCUT2D eigenvalue weighted by Crippen LogP contribution is -2.34. The Kier molecular flexibility index (Phi) is 6.60. The van der Waals surface area contributed by atoms with Gasteiger partial charge in [0, 0.05) is 17.7 Å². The summed E-state index contributed by atoms with van der Waals surface area (Å²) in [7, 11) is 1.57. The number of thiazole rings is 1. The Bertz CT molecular complexity index is 1220. The van der Waals surface area contributed by atoms with Crippen molar-refractivity contribution in [2.75, 3.05) is 12.4 Å². The summed E-state index contributed by atoms with van der Waals surface area (Å²) in [4.78, 5) is 17.1. The fraction of sp³-hybridized carbons (Fsp3) is 0.0870. The van der Waals surface area contributed by atoms with Gasteiger partial charge in [-0.25, -0.2) is 4.98 Å².